The van der Waals surface area contributed by atoms with E-state index in [1.807, 2.05) is 0 Å². The first kappa shape index (κ1) is 15.1. The predicted molar refractivity (Wildman–Crippen MR) is 75.6 cm³/mol. The van der Waals surface area contributed by atoms with Gasteiger partial charge in [-0.3, -0.25) is 0 Å². The number of hydrogen-bond acceptors (Lipinski definition) is 3. The number of nitrogens with zero attached hydrogens (tertiary/aromatic N) is 2. The summed E-state index contributed by atoms with van der Waals surface area (Å²) in [7, 11) is 2.11. The Bertz CT molecular complexity index is 378. The van der Waals surface area contributed by atoms with E-state index in [1.165, 1.54) is 4.90 Å². The number of aliphatic carboxylic acids is 1. The summed E-state index contributed by atoms with van der Waals surface area (Å²) in [5.41, 5.74) is 0.126. The van der Waals surface area contributed by atoms with Gasteiger partial charge in [-0.05, 0) is 51.2 Å². The molecule has 0 unspecified atom stereocenters. The number of nitrogens with one attached hydrogen (secondary N) is 1. The summed E-state index contributed by atoms with van der Waals surface area (Å²) in [5, 5.41) is 12.0. The second-order valence-corrected chi connectivity index (χ2v) is 6.46. The second-order valence-electron chi connectivity index (χ2n) is 6.46. The van der Waals surface area contributed by atoms with Crippen LogP contribution in [0.2, 0.25) is 0 Å². The van der Waals surface area contributed by atoms with Crippen molar-refractivity contribution in [2.45, 2.75) is 38.6 Å². The second kappa shape index (κ2) is 5.99. The number of carbonyl (C=O) groups excluding carboxylic acids is 1. The van der Waals surface area contributed by atoms with Gasteiger partial charge in [0.1, 0.15) is 6.04 Å². The summed E-state index contributed by atoms with van der Waals surface area (Å²) < 4.78 is 0. The van der Waals surface area contributed by atoms with Crippen LogP contribution in [0.3, 0.4) is 0 Å². The Hall–Kier alpha value is -1.30. The molecule has 2 saturated heterocycles. The standard InChI is InChI=1S/C14H25N3O3/c1-14(5-8-16(2)9-6-14)10-15-13(20)17-7-3-4-11(17)12(18)19/h11H,3-10H2,1-2H3,(H,15,20)(H,18,19)/t11-/m1/s1. The van der Waals surface area contributed by atoms with Gasteiger partial charge in [0.05, 0.1) is 0 Å². The third-order valence-electron chi connectivity index (χ3n) is 4.66. The Morgan fingerprint density at radius 2 is 1.95 bits per heavy atom. The molecule has 2 N–H and O–H groups in total. The van der Waals surface area contributed by atoms with Crippen LogP contribution < -0.4 is 5.32 Å². The smallest absolute Gasteiger partial charge is 0.326 e. The van der Waals surface area contributed by atoms with Gasteiger partial charge in [0.25, 0.3) is 0 Å². The topological polar surface area (TPSA) is 72.9 Å². The Kier molecular flexibility index (Phi) is 4.52. The fourth-order valence-corrected chi connectivity index (χ4v) is 2.99. The Balaban J connectivity index is 1.84. The minimum atomic E-state index is -0.900. The van der Waals surface area contributed by atoms with Crippen molar-refractivity contribution in [3.05, 3.63) is 0 Å². The third-order valence-corrected chi connectivity index (χ3v) is 4.66. The maximum atomic E-state index is 12.2. The summed E-state index contributed by atoms with van der Waals surface area (Å²) in [6.45, 7) is 5.46. The van der Waals surface area contributed by atoms with Crippen molar-refractivity contribution in [3.63, 3.8) is 0 Å². The Morgan fingerprint density at radius 3 is 2.55 bits per heavy atom. The average Bonchev–Trinajstić information content (AvgIpc) is 2.89. The zero-order valence-corrected chi connectivity index (χ0v) is 12.4. The quantitative estimate of drug-likeness (QED) is 0.810. The number of carboxylic acids is 1. The molecule has 2 amide bonds. The number of carbonyl (C=O) groups is 2. The highest BCUT2D eigenvalue weighted by Gasteiger charge is 2.35. The van der Waals surface area contributed by atoms with Crippen molar-refractivity contribution >= 4 is 12.0 Å². The maximum Gasteiger partial charge on any atom is 0.326 e. The molecule has 6 heteroatoms. The molecular weight excluding hydrogens is 258 g/mol. The van der Waals surface area contributed by atoms with Gasteiger partial charge in [0.2, 0.25) is 0 Å². The lowest BCUT2D eigenvalue weighted by Crippen LogP contribution is -2.50. The molecule has 2 rings (SSSR count). The normalized spacial score (nSPS) is 26.5. The number of hydrogen-bond donors (Lipinski definition) is 2. The third kappa shape index (κ3) is 3.42. The van der Waals surface area contributed by atoms with Crippen molar-refractivity contribution in [2.24, 2.45) is 5.41 Å². The summed E-state index contributed by atoms with van der Waals surface area (Å²) in [5.74, 6) is -0.900. The molecule has 0 aromatic carbocycles. The van der Waals surface area contributed by atoms with Crippen LogP contribution in [0.25, 0.3) is 0 Å². The first-order valence-corrected chi connectivity index (χ1v) is 7.37. The van der Waals surface area contributed by atoms with Crippen molar-refractivity contribution < 1.29 is 14.7 Å². The monoisotopic (exact) mass is 283 g/mol. The van der Waals surface area contributed by atoms with Gasteiger partial charge in [-0.15, -0.1) is 0 Å². The molecule has 0 bridgehead atoms. The first-order valence-electron chi connectivity index (χ1n) is 7.37. The summed E-state index contributed by atoms with van der Waals surface area (Å²) in [6, 6.07) is -0.879. The molecule has 2 fully saturated rings. The van der Waals surface area contributed by atoms with E-state index in [4.69, 9.17) is 5.11 Å². The Labute approximate surface area is 120 Å². The molecule has 2 aliphatic heterocycles. The summed E-state index contributed by atoms with van der Waals surface area (Å²) in [4.78, 5) is 27.0. The van der Waals surface area contributed by atoms with E-state index in [0.717, 1.165) is 32.4 Å². The van der Waals surface area contributed by atoms with E-state index >= 15 is 0 Å². The molecule has 2 heterocycles. The molecule has 0 radical (unpaired) electrons. The van der Waals surface area contributed by atoms with Crippen LogP contribution in [0.5, 0.6) is 0 Å². The SMILES string of the molecule is CN1CCC(C)(CNC(=O)N2CCC[C@@H]2C(=O)O)CC1. The molecule has 0 aromatic rings. The molecule has 114 valence electrons. The van der Waals surface area contributed by atoms with E-state index in [-0.39, 0.29) is 11.4 Å². The van der Waals surface area contributed by atoms with Gasteiger partial charge in [-0.1, -0.05) is 6.92 Å². The van der Waals surface area contributed by atoms with Crippen LogP contribution in [-0.4, -0.2) is 66.2 Å². The van der Waals surface area contributed by atoms with Gasteiger partial charge < -0.3 is 20.2 Å². The number of carboxylic acid groups (broad SMARTS) is 1. The molecule has 0 saturated carbocycles. The van der Waals surface area contributed by atoms with E-state index in [2.05, 4.69) is 24.2 Å². The molecule has 0 spiro atoms. The lowest BCUT2D eigenvalue weighted by molar-refractivity contribution is -0.141. The molecular formula is C14H25N3O3. The van der Waals surface area contributed by atoms with Crippen LogP contribution >= 0.6 is 0 Å². The van der Waals surface area contributed by atoms with E-state index in [0.29, 0.717) is 19.5 Å². The van der Waals surface area contributed by atoms with Crippen molar-refractivity contribution in [2.75, 3.05) is 33.2 Å². The number of rotatable bonds is 3. The fraction of sp³-hybridized carbons (Fsp3) is 0.857. The van der Waals surface area contributed by atoms with Crippen LogP contribution in [0.4, 0.5) is 4.79 Å². The fourth-order valence-electron chi connectivity index (χ4n) is 2.99. The number of amides is 2. The van der Waals surface area contributed by atoms with Crippen molar-refractivity contribution in [3.8, 4) is 0 Å². The zero-order chi connectivity index (χ0) is 14.8. The van der Waals surface area contributed by atoms with E-state index in [1.54, 1.807) is 0 Å². The van der Waals surface area contributed by atoms with Gasteiger partial charge in [-0.2, -0.15) is 0 Å². The lowest BCUT2D eigenvalue weighted by Gasteiger charge is -2.38. The van der Waals surface area contributed by atoms with Gasteiger partial charge in [0.15, 0.2) is 0 Å². The van der Waals surface area contributed by atoms with Crippen molar-refractivity contribution in [1.29, 1.82) is 0 Å². The average molecular weight is 283 g/mol. The van der Waals surface area contributed by atoms with E-state index < -0.39 is 12.0 Å². The van der Waals surface area contributed by atoms with Gasteiger partial charge in [-0.25, -0.2) is 9.59 Å². The maximum absolute atomic E-state index is 12.2. The summed E-state index contributed by atoms with van der Waals surface area (Å²) >= 11 is 0. The lowest BCUT2D eigenvalue weighted by atomic mass is 9.80. The number of urea groups is 1. The number of likely N-dealkylation sites (tertiary alicyclic amines) is 2. The molecule has 20 heavy (non-hydrogen) atoms. The molecule has 1 atom stereocenters. The highest BCUT2D eigenvalue weighted by atomic mass is 16.4. The van der Waals surface area contributed by atoms with Crippen LogP contribution in [0.15, 0.2) is 0 Å². The van der Waals surface area contributed by atoms with Crippen molar-refractivity contribution in [1.82, 2.24) is 15.1 Å². The molecule has 2 aliphatic rings. The zero-order valence-electron chi connectivity index (χ0n) is 12.4. The molecule has 6 nitrogen and oxygen atoms in total. The molecule has 0 aromatic heterocycles. The van der Waals surface area contributed by atoms with Gasteiger partial charge >= 0.3 is 12.0 Å². The van der Waals surface area contributed by atoms with Crippen LogP contribution in [0.1, 0.15) is 32.6 Å². The minimum Gasteiger partial charge on any atom is -0.480 e. The molecule has 0 aliphatic carbocycles. The first-order chi connectivity index (χ1) is 9.41. The van der Waals surface area contributed by atoms with Crippen LogP contribution in [-0.2, 0) is 4.79 Å². The minimum absolute atomic E-state index is 0.126. The number of piperidine rings is 1. The van der Waals surface area contributed by atoms with E-state index in [9.17, 15) is 9.59 Å². The largest absolute Gasteiger partial charge is 0.480 e. The van der Waals surface area contributed by atoms with Crippen LogP contribution in [0, 0.1) is 5.41 Å². The highest BCUT2D eigenvalue weighted by molar-refractivity contribution is 5.83. The predicted octanol–water partition coefficient (Wildman–Crippen LogP) is 0.977. The van der Waals surface area contributed by atoms with Gasteiger partial charge in [0, 0.05) is 13.1 Å². The Morgan fingerprint density at radius 1 is 1.30 bits per heavy atom. The summed E-state index contributed by atoms with van der Waals surface area (Å²) in [6.07, 6.45) is 3.45. The highest BCUT2D eigenvalue weighted by Crippen LogP contribution is 2.29.